The molecule has 5 rings (SSSR count). The van der Waals surface area contributed by atoms with Crippen molar-refractivity contribution in [3.05, 3.63) is 60.4 Å². The first-order valence-corrected chi connectivity index (χ1v) is 14.8. The van der Waals surface area contributed by atoms with E-state index in [0.717, 1.165) is 49.9 Å². The average molecular weight is 552 g/mol. The van der Waals surface area contributed by atoms with Crippen molar-refractivity contribution in [2.75, 3.05) is 31.5 Å². The zero-order valence-electron chi connectivity index (χ0n) is 21.9. The van der Waals surface area contributed by atoms with Gasteiger partial charge in [0.05, 0.1) is 11.4 Å². The van der Waals surface area contributed by atoms with E-state index >= 15 is 0 Å². The Balaban J connectivity index is 1.43. The first kappa shape index (κ1) is 26.7. The number of furan rings is 1. The van der Waals surface area contributed by atoms with Crippen molar-refractivity contribution >= 4 is 44.5 Å². The largest absolute Gasteiger partial charge is 0.461 e. The van der Waals surface area contributed by atoms with Gasteiger partial charge in [0.1, 0.15) is 17.4 Å². The molecule has 2 fully saturated rings. The maximum absolute atomic E-state index is 13.5. The highest BCUT2D eigenvalue weighted by Crippen LogP contribution is 2.23. The van der Waals surface area contributed by atoms with Crippen molar-refractivity contribution in [3.8, 4) is 0 Å². The van der Waals surface area contributed by atoms with E-state index in [9.17, 15) is 18.0 Å². The smallest absolute Gasteiger partial charge is 0.264 e. The van der Waals surface area contributed by atoms with Gasteiger partial charge in [-0.25, -0.2) is 18.1 Å². The summed E-state index contributed by atoms with van der Waals surface area (Å²) in [5.41, 5.74) is 1.29. The van der Waals surface area contributed by atoms with Crippen LogP contribution in [0.4, 0.5) is 5.69 Å². The lowest BCUT2D eigenvalue weighted by Crippen LogP contribution is -2.45. The molecule has 2 aliphatic rings. The number of likely N-dealkylation sites (tertiary alicyclic amines) is 2. The number of hydrogen-bond acceptors (Lipinski definition) is 6. The normalized spacial score (nSPS) is 18.8. The van der Waals surface area contributed by atoms with Crippen molar-refractivity contribution in [2.24, 2.45) is 4.99 Å². The highest BCUT2D eigenvalue weighted by Gasteiger charge is 2.31. The molecule has 206 valence electrons. The molecule has 0 saturated carbocycles. The predicted octanol–water partition coefficient (Wildman–Crippen LogP) is 3.49. The van der Waals surface area contributed by atoms with E-state index in [1.54, 1.807) is 40.1 Å². The lowest BCUT2D eigenvalue weighted by Gasteiger charge is -2.25. The van der Waals surface area contributed by atoms with Gasteiger partial charge in [-0.15, -0.1) is 0 Å². The van der Waals surface area contributed by atoms with Crippen molar-refractivity contribution < 1.29 is 22.4 Å². The molecular weight excluding hydrogens is 518 g/mol. The van der Waals surface area contributed by atoms with E-state index in [1.807, 2.05) is 19.1 Å². The van der Waals surface area contributed by atoms with Gasteiger partial charge in [0.2, 0.25) is 17.8 Å². The summed E-state index contributed by atoms with van der Waals surface area (Å²) < 4.78 is 34.6. The molecule has 0 aliphatic carbocycles. The first-order valence-electron chi connectivity index (χ1n) is 13.3. The number of rotatable bonds is 6. The number of sulfonamides is 1. The molecule has 0 spiro atoms. The number of nitrogens with zero attached hydrogens (tertiary/aromatic N) is 3. The third kappa shape index (κ3) is 6.42. The van der Waals surface area contributed by atoms with Crippen LogP contribution in [0, 0.1) is 6.92 Å². The summed E-state index contributed by atoms with van der Waals surface area (Å²) in [6.07, 6.45) is 3.89. The second-order valence-electron chi connectivity index (χ2n) is 9.99. The summed E-state index contributed by atoms with van der Waals surface area (Å²) in [6.45, 7) is 3.78. The number of aryl methyl sites for hydroxylation is 1. The summed E-state index contributed by atoms with van der Waals surface area (Å²) in [6, 6.07) is 14.4. The monoisotopic (exact) mass is 551 g/mol. The van der Waals surface area contributed by atoms with E-state index in [0.29, 0.717) is 24.2 Å². The fourth-order valence-corrected chi connectivity index (χ4v) is 6.00. The van der Waals surface area contributed by atoms with E-state index in [-0.39, 0.29) is 29.2 Å². The molecule has 2 N–H and O–H groups in total. The van der Waals surface area contributed by atoms with E-state index in [4.69, 9.17) is 4.42 Å². The molecule has 39 heavy (non-hydrogen) atoms. The van der Waals surface area contributed by atoms with Crippen molar-refractivity contribution in [3.63, 3.8) is 0 Å². The lowest BCUT2D eigenvalue weighted by atomic mass is 10.1. The molecule has 3 aromatic rings. The highest BCUT2D eigenvalue weighted by atomic mass is 32.2. The number of fused-ring (bicyclic) bond motifs is 1. The van der Waals surface area contributed by atoms with Crippen molar-refractivity contribution in [1.82, 2.24) is 14.5 Å². The quantitative estimate of drug-likeness (QED) is 0.357. The summed E-state index contributed by atoms with van der Waals surface area (Å²) in [5.74, 6) is 0.356. The van der Waals surface area contributed by atoms with E-state index in [1.165, 1.54) is 12.1 Å². The van der Waals surface area contributed by atoms with Crippen LogP contribution in [-0.4, -0.2) is 68.2 Å². The third-order valence-electron chi connectivity index (χ3n) is 7.01. The van der Waals surface area contributed by atoms with Crippen molar-refractivity contribution in [2.45, 2.75) is 50.0 Å². The van der Waals surface area contributed by atoms with Crippen LogP contribution in [0.2, 0.25) is 0 Å². The highest BCUT2D eigenvalue weighted by molar-refractivity contribution is 7.90. The number of carbonyl (C=O) groups excluding carboxylic acids is 2. The summed E-state index contributed by atoms with van der Waals surface area (Å²) in [7, 11) is -3.99. The third-order valence-corrected chi connectivity index (χ3v) is 8.36. The molecule has 10 nitrogen and oxygen atoms in total. The fourth-order valence-electron chi connectivity index (χ4n) is 5.01. The van der Waals surface area contributed by atoms with Gasteiger partial charge >= 0.3 is 0 Å². The second-order valence-corrected chi connectivity index (χ2v) is 11.7. The topological polar surface area (TPSA) is 124 Å². The number of benzene rings is 2. The zero-order chi connectivity index (χ0) is 27.4. The van der Waals surface area contributed by atoms with Crippen LogP contribution in [0.25, 0.3) is 11.0 Å². The molecule has 2 aromatic carbocycles. The molecule has 1 aromatic heterocycles. The molecule has 11 heteroatoms. The Kier molecular flexibility index (Phi) is 7.87. The van der Waals surface area contributed by atoms with Gasteiger partial charge in [0.25, 0.3) is 10.0 Å². The minimum absolute atomic E-state index is 0.0138. The zero-order valence-corrected chi connectivity index (χ0v) is 22.7. The molecule has 2 amide bonds. The number of guanidine groups is 1. The Morgan fingerprint density at radius 2 is 1.77 bits per heavy atom. The molecule has 3 heterocycles. The van der Waals surface area contributed by atoms with E-state index < -0.39 is 16.1 Å². The standard InChI is InChI=1S/C28H33N5O5S/c1-20-17-21-18-22(12-13-25(21)38-20)29-28(31-39(36,37)23-9-3-2-4-10-23)30-24-11-5-6-16-33(27(24)35)19-26(34)32-14-7-8-15-32/h2-4,9-10,12-13,17-18,24H,5-8,11,14-16,19H2,1H3,(H2,29,30,31)/t24-/m0/s1. The number of hydrogen-bond donors (Lipinski definition) is 2. The fraction of sp³-hybridized carbons (Fsp3) is 0.393. The Hall–Kier alpha value is -3.86. The van der Waals surface area contributed by atoms with Gasteiger partial charge in [0, 0.05) is 30.7 Å². The van der Waals surface area contributed by atoms with E-state index in [2.05, 4.69) is 15.0 Å². The van der Waals surface area contributed by atoms with Gasteiger partial charge < -0.3 is 19.5 Å². The molecule has 0 unspecified atom stereocenters. The number of anilines is 1. The van der Waals surface area contributed by atoms with Crippen LogP contribution in [0.5, 0.6) is 0 Å². The van der Waals surface area contributed by atoms with Gasteiger partial charge in [-0.1, -0.05) is 18.2 Å². The van der Waals surface area contributed by atoms with Crippen molar-refractivity contribution in [1.29, 1.82) is 0 Å². The Bertz CT molecular complexity index is 1480. The predicted molar refractivity (Wildman–Crippen MR) is 149 cm³/mol. The average Bonchev–Trinajstić information content (AvgIpc) is 3.55. The van der Waals surface area contributed by atoms with Crippen LogP contribution in [0.15, 0.2) is 68.9 Å². The van der Waals surface area contributed by atoms with Crippen LogP contribution in [0.3, 0.4) is 0 Å². The molecule has 2 saturated heterocycles. The SMILES string of the molecule is Cc1cc2cc(NC(=N[C@H]3CCCCN(CC(=O)N4CCCC4)C3=O)NS(=O)(=O)c3ccccc3)ccc2o1. The summed E-state index contributed by atoms with van der Waals surface area (Å²) >= 11 is 0. The Morgan fingerprint density at radius 1 is 1.03 bits per heavy atom. The molecule has 0 radical (unpaired) electrons. The molecule has 0 bridgehead atoms. The van der Waals surface area contributed by atoms with Crippen LogP contribution in [-0.2, 0) is 19.6 Å². The number of carbonyl (C=O) groups is 2. The van der Waals surface area contributed by atoms with Gasteiger partial charge in [-0.3, -0.25) is 9.59 Å². The molecular formula is C28H33N5O5S. The summed E-state index contributed by atoms with van der Waals surface area (Å²) in [5, 5.41) is 3.91. The molecule has 2 aliphatic heterocycles. The first-order chi connectivity index (χ1) is 18.8. The maximum atomic E-state index is 13.5. The maximum Gasteiger partial charge on any atom is 0.264 e. The van der Waals surface area contributed by atoms with Crippen LogP contribution >= 0.6 is 0 Å². The van der Waals surface area contributed by atoms with Crippen LogP contribution in [0.1, 0.15) is 37.9 Å². The van der Waals surface area contributed by atoms with Gasteiger partial charge in [-0.05, 0) is 75.4 Å². The second kappa shape index (κ2) is 11.5. The summed E-state index contributed by atoms with van der Waals surface area (Å²) in [4.78, 5) is 34.3. The Morgan fingerprint density at radius 3 is 2.54 bits per heavy atom. The Labute approximate surface area is 228 Å². The van der Waals surface area contributed by atoms with Gasteiger partial charge in [0.15, 0.2) is 0 Å². The minimum Gasteiger partial charge on any atom is -0.461 e. The lowest BCUT2D eigenvalue weighted by molar-refractivity contribution is -0.140. The number of amides is 2. The minimum atomic E-state index is -3.99. The van der Waals surface area contributed by atoms with Crippen LogP contribution < -0.4 is 10.0 Å². The number of nitrogens with one attached hydrogen (secondary N) is 2. The van der Waals surface area contributed by atoms with Gasteiger partial charge in [-0.2, -0.15) is 0 Å². The molecule has 1 atom stereocenters. The number of aliphatic imine (C=N–C) groups is 1.